The van der Waals surface area contributed by atoms with Crippen molar-refractivity contribution in [2.45, 2.75) is 77.2 Å². The fraction of sp³-hybridized carbons (Fsp3) is 0.545. The molecule has 2 aromatic carbocycles. The van der Waals surface area contributed by atoms with E-state index < -0.39 is 0 Å². The highest BCUT2D eigenvalue weighted by Gasteiger charge is 2.34. The van der Waals surface area contributed by atoms with Crippen LogP contribution in [0.15, 0.2) is 42.5 Å². The van der Waals surface area contributed by atoms with Gasteiger partial charge in [0.15, 0.2) is 0 Å². The zero-order valence-corrected chi connectivity index (χ0v) is 15.1. The monoisotopic (exact) mass is 311 g/mol. The molecule has 1 nitrogen and oxygen atoms in total. The van der Waals surface area contributed by atoms with Crippen molar-refractivity contribution in [2.75, 3.05) is 0 Å². The Labute approximate surface area is 142 Å². The summed E-state index contributed by atoms with van der Waals surface area (Å²) in [6.07, 6.45) is 8.21. The minimum absolute atomic E-state index is 0.0806. The average molecular weight is 312 g/mol. The van der Waals surface area contributed by atoms with Gasteiger partial charge in [0.25, 0.3) is 0 Å². The summed E-state index contributed by atoms with van der Waals surface area (Å²) < 4.78 is 0. The Balaban J connectivity index is 2.51. The van der Waals surface area contributed by atoms with Gasteiger partial charge in [0.05, 0.1) is 0 Å². The summed E-state index contributed by atoms with van der Waals surface area (Å²) in [6.45, 7) is 6.80. The number of unbranched alkanes of at least 4 members (excludes halogenated alkanes) is 1. The Hall–Kier alpha value is -1.34. The van der Waals surface area contributed by atoms with Crippen LogP contribution in [0.5, 0.6) is 0 Å². The van der Waals surface area contributed by atoms with Crippen LogP contribution < -0.4 is 5.73 Å². The second-order valence-corrected chi connectivity index (χ2v) is 7.00. The fourth-order valence-electron chi connectivity index (χ4n) is 4.12. The lowest BCUT2D eigenvalue weighted by Crippen LogP contribution is -2.45. The Bertz CT molecular complexity index is 590. The number of nitrogens with two attached hydrogens (primary N) is 1. The molecule has 0 spiro atoms. The van der Waals surface area contributed by atoms with Crippen LogP contribution in [0.2, 0.25) is 0 Å². The van der Waals surface area contributed by atoms with Crippen molar-refractivity contribution in [1.82, 2.24) is 0 Å². The summed E-state index contributed by atoms with van der Waals surface area (Å²) >= 11 is 0. The van der Waals surface area contributed by atoms with Gasteiger partial charge in [-0.2, -0.15) is 0 Å². The van der Waals surface area contributed by atoms with Crippen LogP contribution in [-0.2, 0) is 0 Å². The van der Waals surface area contributed by atoms with Crippen LogP contribution >= 0.6 is 0 Å². The van der Waals surface area contributed by atoms with E-state index in [1.54, 1.807) is 0 Å². The maximum Gasteiger partial charge on any atom is 0.0223 e. The smallest absolute Gasteiger partial charge is 0.0223 e. The molecule has 2 aromatic rings. The summed E-state index contributed by atoms with van der Waals surface area (Å²) in [7, 11) is 0. The second-order valence-electron chi connectivity index (χ2n) is 7.00. The molecule has 0 aliphatic rings. The van der Waals surface area contributed by atoms with E-state index >= 15 is 0 Å². The second kappa shape index (κ2) is 8.49. The van der Waals surface area contributed by atoms with Crippen LogP contribution in [0, 0.1) is 0 Å². The lowest BCUT2D eigenvalue weighted by atomic mass is 9.71. The Morgan fingerprint density at radius 3 is 2.17 bits per heavy atom. The summed E-state index contributed by atoms with van der Waals surface area (Å²) in [5.41, 5.74) is 8.41. The SMILES string of the molecule is CCCCC(c1cccc2ccccc12)C(N)(CCC)CCC. The number of fused-ring (bicyclic) bond motifs is 1. The molecule has 0 aromatic heterocycles. The number of rotatable bonds is 9. The highest BCUT2D eigenvalue weighted by molar-refractivity contribution is 5.86. The van der Waals surface area contributed by atoms with E-state index in [0.717, 1.165) is 25.7 Å². The van der Waals surface area contributed by atoms with Crippen molar-refractivity contribution in [1.29, 1.82) is 0 Å². The summed E-state index contributed by atoms with van der Waals surface area (Å²) in [4.78, 5) is 0. The largest absolute Gasteiger partial charge is 0.325 e. The van der Waals surface area contributed by atoms with Gasteiger partial charge >= 0.3 is 0 Å². The van der Waals surface area contributed by atoms with E-state index in [9.17, 15) is 0 Å². The van der Waals surface area contributed by atoms with Crippen molar-refractivity contribution in [3.63, 3.8) is 0 Å². The van der Waals surface area contributed by atoms with Crippen LogP contribution in [0.4, 0.5) is 0 Å². The van der Waals surface area contributed by atoms with E-state index in [4.69, 9.17) is 5.73 Å². The van der Waals surface area contributed by atoms with Crippen molar-refractivity contribution in [2.24, 2.45) is 5.73 Å². The first-order valence-electron chi connectivity index (χ1n) is 9.42. The van der Waals surface area contributed by atoms with E-state index in [1.807, 2.05) is 0 Å². The number of hydrogen-bond acceptors (Lipinski definition) is 1. The maximum absolute atomic E-state index is 7.03. The molecule has 1 unspecified atom stereocenters. The van der Waals surface area contributed by atoms with Crippen LogP contribution in [0.1, 0.15) is 77.2 Å². The van der Waals surface area contributed by atoms with Crippen LogP contribution in [-0.4, -0.2) is 5.54 Å². The van der Waals surface area contributed by atoms with Gasteiger partial charge in [-0.3, -0.25) is 0 Å². The summed E-state index contributed by atoms with van der Waals surface area (Å²) in [6, 6.07) is 15.5. The predicted molar refractivity (Wildman–Crippen MR) is 103 cm³/mol. The maximum atomic E-state index is 7.03. The molecule has 0 amide bonds. The molecule has 1 heteroatoms. The topological polar surface area (TPSA) is 26.0 Å². The van der Waals surface area contributed by atoms with Gasteiger partial charge in [-0.15, -0.1) is 0 Å². The Morgan fingerprint density at radius 2 is 1.52 bits per heavy atom. The molecule has 0 heterocycles. The van der Waals surface area contributed by atoms with Gasteiger partial charge in [0, 0.05) is 11.5 Å². The molecule has 0 aliphatic heterocycles. The molecule has 1 atom stereocenters. The number of benzene rings is 2. The molecule has 23 heavy (non-hydrogen) atoms. The molecule has 0 bridgehead atoms. The minimum atomic E-state index is -0.0806. The highest BCUT2D eigenvalue weighted by Crippen LogP contribution is 2.40. The van der Waals surface area contributed by atoms with Gasteiger partial charge in [-0.1, -0.05) is 88.9 Å². The Morgan fingerprint density at radius 1 is 0.870 bits per heavy atom. The zero-order valence-electron chi connectivity index (χ0n) is 15.1. The van der Waals surface area contributed by atoms with Gasteiger partial charge in [-0.25, -0.2) is 0 Å². The minimum Gasteiger partial charge on any atom is -0.325 e. The third kappa shape index (κ3) is 4.14. The lowest BCUT2D eigenvalue weighted by molar-refractivity contribution is 0.278. The molecule has 2 N–H and O–H groups in total. The normalized spacial score (nSPS) is 13.4. The molecule has 0 aliphatic carbocycles. The fourth-order valence-corrected chi connectivity index (χ4v) is 4.12. The van der Waals surface area contributed by atoms with E-state index in [2.05, 4.69) is 63.2 Å². The first kappa shape index (κ1) is 18.0. The molecule has 126 valence electrons. The summed E-state index contributed by atoms with van der Waals surface area (Å²) in [5.74, 6) is 0.452. The number of hydrogen-bond donors (Lipinski definition) is 1. The van der Waals surface area contributed by atoms with Gasteiger partial charge in [0.1, 0.15) is 0 Å². The van der Waals surface area contributed by atoms with Crippen molar-refractivity contribution >= 4 is 10.8 Å². The van der Waals surface area contributed by atoms with E-state index in [1.165, 1.54) is 35.6 Å². The van der Waals surface area contributed by atoms with E-state index in [-0.39, 0.29) is 5.54 Å². The quantitative estimate of drug-likeness (QED) is 0.569. The summed E-state index contributed by atoms with van der Waals surface area (Å²) in [5, 5.41) is 2.72. The lowest BCUT2D eigenvalue weighted by Gasteiger charge is -2.39. The van der Waals surface area contributed by atoms with Gasteiger partial charge < -0.3 is 5.73 Å². The third-order valence-corrected chi connectivity index (χ3v) is 5.17. The molecular formula is C22H33N. The zero-order chi connectivity index (χ0) is 16.7. The van der Waals surface area contributed by atoms with Crippen LogP contribution in [0.3, 0.4) is 0 Å². The van der Waals surface area contributed by atoms with Gasteiger partial charge in [0.2, 0.25) is 0 Å². The van der Waals surface area contributed by atoms with Crippen molar-refractivity contribution in [3.8, 4) is 0 Å². The predicted octanol–water partition coefficient (Wildman–Crippen LogP) is 6.41. The first-order valence-corrected chi connectivity index (χ1v) is 9.42. The first-order chi connectivity index (χ1) is 11.2. The van der Waals surface area contributed by atoms with Gasteiger partial charge in [-0.05, 0) is 35.6 Å². The van der Waals surface area contributed by atoms with Crippen molar-refractivity contribution < 1.29 is 0 Å². The highest BCUT2D eigenvalue weighted by atomic mass is 14.8. The molecule has 0 radical (unpaired) electrons. The molecule has 0 saturated carbocycles. The van der Waals surface area contributed by atoms with Crippen LogP contribution in [0.25, 0.3) is 10.8 Å². The Kier molecular flexibility index (Phi) is 6.65. The average Bonchev–Trinajstić information content (AvgIpc) is 2.56. The standard InChI is InChI=1S/C22H33N/c1-4-7-15-21(22(23,16-5-2)17-6-3)20-14-10-12-18-11-8-9-13-19(18)20/h8-14,21H,4-7,15-17,23H2,1-3H3. The third-order valence-electron chi connectivity index (χ3n) is 5.17. The molecular weight excluding hydrogens is 278 g/mol. The molecule has 0 saturated heterocycles. The molecule has 0 fully saturated rings. The van der Waals surface area contributed by atoms with E-state index in [0.29, 0.717) is 5.92 Å². The van der Waals surface area contributed by atoms with Crippen molar-refractivity contribution in [3.05, 3.63) is 48.0 Å². The molecule has 2 rings (SSSR count).